The van der Waals surface area contributed by atoms with E-state index in [1.54, 1.807) is 4.90 Å². The van der Waals surface area contributed by atoms with E-state index in [-0.39, 0.29) is 6.03 Å². The fraction of sp³-hybridized carbons (Fsp3) is 0.462. The molecule has 0 fully saturated rings. The number of halogens is 1. The van der Waals surface area contributed by atoms with Gasteiger partial charge in [0.25, 0.3) is 0 Å². The van der Waals surface area contributed by atoms with Crippen molar-refractivity contribution < 1.29 is 4.79 Å². The molecule has 4 heteroatoms. The van der Waals surface area contributed by atoms with Gasteiger partial charge >= 0.3 is 6.03 Å². The van der Waals surface area contributed by atoms with Crippen LogP contribution >= 0.6 is 15.9 Å². The molecule has 1 aromatic rings. The summed E-state index contributed by atoms with van der Waals surface area (Å²) >= 11 is 3.49. The molecule has 0 aliphatic rings. The Morgan fingerprint density at radius 2 is 1.82 bits per heavy atom. The third-order valence-electron chi connectivity index (χ3n) is 2.73. The highest BCUT2D eigenvalue weighted by atomic mass is 79.9. The first-order chi connectivity index (χ1) is 8.10. The van der Waals surface area contributed by atoms with E-state index in [9.17, 15) is 4.79 Å². The van der Waals surface area contributed by atoms with E-state index in [0.717, 1.165) is 23.1 Å². The van der Waals surface area contributed by atoms with Gasteiger partial charge < -0.3 is 9.80 Å². The number of hydrogen-bond acceptors (Lipinski definition) is 1. The second kappa shape index (κ2) is 6.64. The topological polar surface area (TPSA) is 23.6 Å². The average molecular weight is 299 g/mol. The molecule has 0 aliphatic heterocycles. The summed E-state index contributed by atoms with van der Waals surface area (Å²) in [5.41, 5.74) is 1.12. The van der Waals surface area contributed by atoms with Crippen LogP contribution in [0.2, 0.25) is 0 Å². The lowest BCUT2D eigenvalue weighted by Crippen LogP contribution is -2.40. The summed E-state index contributed by atoms with van der Waals surface area (Å²) in [6.07, 6.45) is 0. The molecule has 0 atom stereocenters. The van der Waals surface area contributed by atoms with Gasteiger partial charge in [-0.2, -0.15) is 0 Å². The Morgan fingerprint density at radius 3 is 2.35 bits per heavy atom. The summed E-state index contributed by atoms with van der Waals surface area (Å²) in [5, 5.41) is 0. The molecule has 0 heterocycles. The molecule has 0 spiro atoms. The Kier molecular flexibility index (Phi) is 5.48. The zero-order valence-corrected chi connectivity index (χ0v) is 12.2. The number of nitrogens with zero attached hydrogens (tertiary/aromatic N) is 2. The van der Waals surface area contributed by atoms with E-state index in [0.29, 0.717) is 6.54 Å². The minimum absolute atomic E-state index is 0.0748. The van der Waals surface area contributed by atoms with Crippen LogP contribution in [0.4, 0.5) is 4.79 Å². The highest BCUT2D eigenvalue weighted by Crippen LogP contribution is 2.17. The lowest BCUT2D eigenvalue weighted by atomic mass is 10.2. The molecular weight excluding hydrogens is 280 g/mol. The van der Waals surface area contributed by atoms with Crippen molar-refractivity contribution in [3.63, 3.8) is 0 Å². The molecule has 17 heavy (non-hydrogen) atoms. The zero-order valence-electron chi connectivity index (χ0n) is 10.6. The van der Waals surface area contributed by atoms with Crippen LogP contribution in [0.25, 0.3) is 0 Å². The van der Waals surface area contributed by atoms with Crippen molar-refractivity contribution in [1.29, 1.82) is 0 Å². The molecule has 3 nitrogen and oxygen atoms in total. The lowest BCUT2D eigenvalue weighted by molar-refractivity contribution is 0.165. The molecule has 2 amide bonds. The summed E-state index contributed by atoms with van der Waals surface area (Å²) < 4.78 is 1.04. The molecule has 94 valence electrons. The number of carbonyl (C=O) groups is 1. The van der Waals surface area contributed by atoms with E-state index in [4.69, 9.17) is 0 Å². The van der Waals surface area contributed by atoms with Gasteiger partial charge in [-0.1, -0.05) is 34.1 Å². The van der Waals surface area contributed by atoms with Crippen molar-refractivity contribution >= 4 is 22.0 Å². The molecule has 0 unspecified atom stereocenters. The third kappa shape index (κ3) is 3.73. The summed E-state index contributed by atoms with van der Waals surface area (Å²) in [5.74, 6) is 0. The van der Waals surface area contributed by atoms with E-state index in [1.807, 2.05) is 50.1 Å². The molecule has 0 radical (unpaired) electrons. The van der Waals surface area contributed by atoms with E-state index in [2.05, 4.69) is 15.9 Å². The van der Waals surface area contributed by atoms with Crippen LogP contribution in [-0.2, 0) is 6.54 Å². The maximum Gasteiger partial charge on any atom is 0.320 e. The summed E-state index contributed by atoms with van der Waals surface area (Å²) in [4.78, 5) is 15.6. The Bertz CT molecular complexity index is 377. The second-order valence-electron chi connectivity index (χ2n) is 3.90. The fourth-order valence-corrected chi connectivity index (χ4v) is 2.10. The molecule has 0 saturated heterocycles. The van der Waals surface area contributed by atoms with Crippen molar-refractivity contribution in [2.75, 3.05) is 20.1 Å². The normalized spacial score (nSPS) is 10.1. The van der Waals surface area contributed by atoms with Crippen LogP contribution in [0.5, 0.6) is 0 Å². The molecule has 0 N–H and O–H groups in total. The van der Waals surface area contributed by atoms with Crippen molar-refractivity contribution in [2.45, 2.75) is 20.4 Å². The number of amides is 2. The standard InChI is InChI=1S/C13H19BrN2O/c1-4-16(5-2)13(17)15(3)10-11-8-6-7-9-12(11)14/h6-9H,4-5,10H2,1-3H3. The van der Waals surface area contributed by atoms with Crippen molar-refractivity contribution in [1.82, 2.24) is 9.80 Å². The number of carbonyl (C=O) groups excluding carboxylic acids is 1. The number of rotatable bonds is 4. The predicted molar refractivity (Wildman–Crippen MR) is 73.9 cm³/mol. The molecule has 0 aliphatic carbocycles. The average Bonchev–Trinajstić information content (AvgIpc) is 2.33. The van der Waals surface area contributed by atoms with E-state index in [1.165, 1.54) is 0 Å². The van der Waals surface area contributed by atoms with Gasteiger partial charge in [-0.15, -0.1) is 0 Å². The molecular formula is C13H19BrN2O. The van der Waals surface area contributed by atoms with E-state index < -0.39 is 0 Å². The first kappa shape index (κ1) is 14.0. The van der Waals surface area contributed by atoms with Gasteiger partial charge in [-0.05, 0) is 25.5 Å². The number of benzene rings is 1. The van der Waals surface area contributed by atoms with Crippen molar-refractivity contribution in [2.24, 2.45) is 0 Å². The van der Waals surface area contributed by atoms with Gasteiger partial charge in [-0.25, -0.2) is 4.79 Å². The fourth-order valence-electron chi connectivity index (χ4n) is 1.69. The second-order valence-corrected chi connectivity index (χ2v) is 4.76. The van der Waals surface area contributed by atoms with Gasteiger partial charge in [0.1, 0.15) is 0 Å². The maximum absolute atomic E-state index is 12.1. The molecule has 0 bridgehead atoms. The van der Waals surface area contributed by atoms with Gasteiger partial charge in [0.2, 0.25) is 0 Å². The lowest BCUT2D eigenvalue weighted by Gasteiger charge is -2.26. The summed E-state index contributed by atoms with van der Waals surface area (Å²) in [6, 6.07) is 8.04. The van der Waals surface area contributed by atoms with Crippen LogP contribution in [-0.4, -0.2) is 36.0 Å². The number of hydrogen-bond donors (Lipinski definition) is 0. The maximum atomic E-state index is 12.1. The summed E-state index contributed by atoms with van der Waals surface area (Å²) in [7, 11) is 1.83. The molecule has 0 aromatic heterocycles. The molecule has 1 rings (SSSR count). The third-order valence-corrected chi connectivity index (χ3v) is 3.50. The van der Waals surface area contributed by atoms with Gasteiger partial charge in [-0.3, -0.25) is 0 Å². The first-order valence-corrected chi connectivity index (χ1v) is 6.62. The first-order valence-electron chi connectivity index (χ1n) is 5.83. The molecule has 1 aromatic carbocycles. The Labute approximate surface area is 112 Å². The van der Waals surface area contributed by atoms with Gasteiger partial charge in [0.05, 0.1) is 0 Å². The minimum Gasteiger partial charge on any atom is -0.325 e. The minimum atomic E-state index is 0.0748. The van der Waals surface area contributed by atoms with Gasteiger partial charge in [0.15, 0.2) is 0 Å². The Hall–Kier alpha value is -1.03. The Morgan fingerprint density at radius 1 is 1.24 bits per heavy atom. The smallest absolute Gasteiger partial charge is 0.320 e. The largest absolute Gasteiger partial charge is 0.325 e. The summed E-state index contributed by atoms with van der Waals surface area (Å²) in [6.45, 7) is 6.10. The van der Waals surface area contributed by atoms with Crippen LogP contribution < -0.4 is 0 Å². The van der Waals surface area contributed by atoms with Gasteiger partial charge in [0, 0.05) is 31.2 Å². The van der Waals surface area contributed by atoms with Crippen molar-refractivity contribution in [3.8, 4) is 0 Å². The number of urea groups is 1. The van der Waals surface area contributed by atoms with Crippen LogP contribution in [0.1, 0.15) is 19.4 Å². The highest BCUT2D eigenvalue weighted by Gasteiger charge is 2.15. The highest BCUT2D eigenvalue weighted by molar-refractivity contribution is 9.10. The van der Waals surface area contributed by atoms with Crippen LogP contribution in [0.15, 0.2) is 28.7 Å². The Balaban J connectivity index is 2.69. The van der Waals surface area contributed by atoms with Crippen molar-refractivity contribution in [3.05, 3.63) is 34.3 Å². The van der Waals surface area contributed by atoms with Crippen LogP contribution in [0.3, 0.4) is 0 Å². The van der Waals surface area contributed by atoms with E-state index >= 15 is 0 Å². The predicted octanol–water partition coefficient (Wildman–Crippen LogP) is 3.34. The SMILES string of the molecule is CCN(CC)C(=O)N(C)Cc1ccccc1Br. The quantitative estimate of drug-likeness (QED) is 0.836. The monoisotopic (exact) mass is 298 g/mol. The zero-order chi connectivity index (χ0) is 12.8. The molecule has 0 saturated carbocycles. The van der Waals surface area contributed by atoms with Crippen LogP contribution in [0, 0.1) is 0 Å².